The molecule has 3 rings (SSSR count). The van der Waals surface area contributed by atoms with Gasteiger partial charge in [0.25, 0.3) is 0 Å². The quantitative estimate of drug-likeness (QED) is 0.325. The van der Waals surface area contributed by atoms with E-state index in [0.717, 1.165) is 0 Å². The summed E-state index contributed by atoms with van der Waals surface area (Å²) < 4.78 is 17.1. The van der Waals surface area contributed by atoms with Crippen LogP contribution in [0.2, 0.25) is 0 Å². The number of carbonyl (C=O) groups is 3. The largest absolute Gasteiger partial charge is 0.469 e. The van der Waals surface area contributed by atoms with E-state index in [0.29, 0.717) is 16.7 Å². The Morgan fingerprint density at radius 1 is 0.757 bits per heavy atom. The molecular weight excluding hydrogens is 470 g/mol. The fourth-order valence-corrected chi connectivity index (χ4v) is 4.28. The number of hydrogen-bond acceptors (Lipinski definition) is 6. The van der Waals surface area contributed by atoms with E-state index in [-0.39, 0.29) is 0 Å². The van der Waals surface area contributed by atoms with Gasteiger partial charge in [0.15, 0.2) is 6.10 Å². The van der Waals surface area contributed by atoms with Crippen molar-refractivity contribution in [3.63, 3.8) is 0 Å². The molecule has 3 aromatic carbocycles. The second-order valence-corrected chi connectivity index (χ2v) is 9.64. The van der Waals surface area contributed by atoms with Gasteiger partial charge in [-0.1, -0.05) is 91.0 Å². The smallest absolute Gasteiger partial charge is 0.312 e. The molecule has 0 spiro atoms. The summed E-state index contributed by atoms with van der Waals surface area (Å²) in [7, 11) is 1.18. The minimum Gasteiger partial charge on any atom is -0.469 e. The van der Waals surface area contributed by atoms with Crippen LogP contribution in [0.3, 0.4) is 0 Å². The SMILES string of the molecule is COC(=O)C(CC(=O)OC(C)(C)C)C(OC(c1ccccc1)(c1ccccc1)c1ccccc1)C(N)=O. The lowest BCUT2D eigenvalue weighted by atomic mass is 9.79. The second-order valence-electron chi connectivity index (χ2n) is 9.64. The first-order valence-corrected chi connectivity index (χ1v) is 12.0. The number of amides is 1. The molecule has 0 aliphatic rings. The maximum Gasteiger partial charge on any atom is 0.312 e. The molecule has 0 fully saturated rings. The van der Waals surface area contributed by atoms with Gasteiger partial charge < -0.3 is 19.9 Å². The summed E-state index contributed by atoms with van der Waals surface area (Å²) in [5, 5.41) is 0. The summed E-state index contributed by atoms with van der Waals surface area (Å²) in [4.78, 5) is 38.6. The number of benzene rings is 3. The molecule has 7 heteroatoms. The van der Waals surface area contributed by atoms with Gasteiger partial charge in [0, 0.05) is 0 Å². The Labute approximate surface area is 217 Å². The molecule has 0 aliphatic carbocycles. The van der Waals surface area contributed by atoms with Gasteiger partial charge in [-0.15, -0.1) is 0 Å². The molecule has 0 saturated heterocycles. The average molecular weight is 504 g/mol. The number of carbonyl (C=O) groups excluding carboxylic acids is 3. The minimum atomic E-state index is -1.53. The molecule has 0 aliphatic heterocycles. The van der Waals surface area contributed by atoms with Crippen LogP contribution in [0.5, 0.6) is 0 Å². The number of primary amides is 1. The van der Waals surface area contributed by atoms with Crippen molar-refractivity contribution in [1.29, 1.82) is 0 Å². The molecule has 3 aromatic rings. The fourth-order valence-electron chi connectivity index (χ4n) is 4.28. The summed E-state index contributed by atoms with van der Waals surface area (Å²) >= 11 is 0. The van der Waals surface area contributed by atoms with Crippen molar-refractivity contribution in [2.24, 2.45) is 11.7 Å². The van der Waals surface area contributed by atoms with E-state index >= 15 is 0 Å². The Kier molecular flexibility index (Phi) is 8.84. The molecule has 0 radical (unpaired) electrons. The summed E-state index contributed by atoms with van der Waals surface area (Å²) in [6, 6.07) is 28.0. The molecule has 0 saturated carbocycles. The van der Waals surface area contributed by atoms with E-state index in [1.165, 1.54) is 7.11 Å². The predicted octanol–water partition coefficient (Wildman–Crippen LogP) is 4.37. The molecule has 2 atom stereocenters. The van der Waals surface area contributed by atoms with Crippen molar-refractivity contribution < 1.29 is 28.6 Å². The summed E-state index contributed by atoms with van der Waals surface area (Å²) in [5.74, 6) is -3.74. The van der Waals surface area contributed by atoms with Crippen LogP contribution in [0.1, 0.15) is 43.9 Å². The predicted molar refractivity (Wildman–Crippen MR) is 139 cm³/mol. The first-order valence-electron chi connectivity index (χ1n) is 12.0. The monoisotopic (exact) mass is 503 g/mol. The molecule has 7 nitrogen and oxygen atoms in total. The van der Waals surface area contributed by atoms with Gasteiger partial charge in [0.1, 0.15) is 17.1 Å². The third kappa shape index (κ3) is 6.62. The lowest BCUT2D eigenvalue weighted by molar-refractivity contribution is -0.171. The van der Waals surface area contributed by atoms with Gasteiger partial charge in [-0.25, -0.2) is 0 Å². The Balaban J connectivity index is 2.22. The molecular formula is C30H33NO6. The maximum atomic E-state index is 12.9. The summed E-state index contributed by atoms with van der Waals surface area (Å²) in [6.45, 7) is 5.14. The normalized spacial score (nSPS) is 13.3. The number of hydrogen-bond donors (Lipinski definition) is 1. The van der Waals surface area contributed by atoms with Gasteiger partial charge in [-0.05, 0) is 37.5 Å². The fraction of sp³-hybridized carbons (Fsp3) is 0.300. The zero-order chi connectivity index (χ0) is 27.1. The highest BCUT2D eigenvalue weighted by Crippen LogP contribution is 2.42. The molecule has 2 N–H and O–H groups in total. The van der Waals surface area contributed by atoms with Gasteiger partial charge in [-0.3, -0.25) is 14.4 Å². The number of methoxy groups -OCH3 is 1. The van der Waals surface area contributed by atoms with Crippen LogP contribution >= 0.6 is 0 Å². The van der Waals surface area contributed by atoms with Crippen LogP contribution in [0.15, 0.2) is 91.0 Å². The Morgan fingerprint density at radius 3 is 1.49 bits per heavy atom. The summed E-state index contributed by atoms with van der Waals surface area (Å²) in [5.41, 5.74) is 5.84. The van der Waals surface area contributed by atoms with Gasteiger partial charge >= 0.3 is 11.9 Å². The first kappa shape index (κ1) is 27.6. The number of rotatable bonds is 10. The van der Waals surface area contributed by atoms with Crippen LogP contribution in [-0.2, 0) is 34.2 Å². The molecule has 2 unspecified atom stereocenters. The topological polar surface area (TPSA) is 105 Å². The van der Waals surface area contributed by atoms with Gasteiger partial charge in [0.05, 0.1) is 13.5 Å². The zero-order valence-corrected chi connectivity index (χ0v) is 21.5. The van der Waals surface area contributed by atoms with Crippen molar-refractivity contribution >= 4 is 17.8 Å². The van der Waals surface area contributed by atoms with Crippen LogP contribution in [-0.4, -0.2) is 36.7 Å². The van der Waals surface area contributed by atoms with Crippen molar-refractivity contribution in [2.75, 3.05) is 7.11 Å². The molecule has 1 amide bonds. The Bertz CT molecular complexity index is 1090. The number of esters is 2. The minimum absolute atomic E-state index is 0.452. The number of nitrogens with two attached hydrogens (primary N) is 1. The van der Waals surface area contributed by atoms with Gasteiger partial charge in [-0.2, -0.15) is 0 Å². The molecule has 37 heavy (non-hydrogen) atoms. The van der Waals surface area contributed by atoms with Crippen molar-refractivity contribution in [3.05, 3.63) is 108 Å². The van der Waals surface area contributed by atoms with E-state index in [9.17, 15) is 14.4 Å². The van der Waals surface area contributed by atoms with E-state index < -0.39 is 47.5 Å². The highest BCUT2D eigenvalue weighted by atomic mass is 16.6. The third-order valence-electron chi connectivity index (χ3n) is 5.80. The lowest BCUT2D eigenvalue weighted by Gasteiger charge is -2.39. The van der Waals surface area contributed by atoms with E-state index in [4.69, 9.17) is 19.9 Å². The average Bonchev–Trinajstić information content (AvgIpc) is 2.88. The lowest BCUT2D eigenvalue weighted by Crippen LogP contribution is -2.49. The highest BCUT2D eigenvalue weighted by Gasteiger charge is 2.46. The molecule has 0 aromatic heterocycles. The van der Waals surface area contributed by atoms with Crippen LogP contribution in [0.4, 0.5) is 0 Å². The maximum absolute atomic E-state index is 12.9. The second kappa shape index (κ2) is 11.8. The summed E-state index contributed by atoms with van der Waals surface area (Å²) in [6.07, 6.45) is -1.98. The van der Waals surface area contributed by atoms with Crippen molar-refractivity contribution in [2.45, 2.75) is 44.5 Å². The standard InChI is InChI=1S/C30H33NO6/c1-29(2,3)36-25(32)20-24(28(34)35-4)26(27(31)33)37-30(21-14-8-5-9-15-21,22-16-10-6-11-17-22)23-18-12-7-13-19-23/h5-19,24,26H,20H2,1-4H3,(H2,31,33). The van der Waals surface area contributed by atoms with Crippen LogP contribution in [0.25, 0.3) is 0 Å². The van der Waals surface area contributed by atoms with Crippen LogP contribution < -0.4 is 5.73 Å². The van der Waals surface area contributed by atoms with Crippen molar-refractivity contribution in [3.8, 4) is 0 Å². The molecule has 194 valence electrons. The zero-order valence-electron chi connectivity index (χ0n) is 21.5. The third-order valence-corrected chi connectivity index (χ3v) is 5.80. The molecule has 0 bridgehead atoms. The van der Waals surface area contributed by atoms with Crippen LogP contribution in [0, 0.1) is 5.92 Å². The Morgan fingerprint density at radius 2 is 1.16 bits per heavy atom. The van der Waals surface area contributed by atoms with E-state index in [1.54, 1.807) is 20.8 Å². The first-order chi connectivity index (χ1) is 17.6. The van der Waals surface area contributed by atoms with Crippen molar-refractivity contribution in [1.82, 2.24) is 0 Å². The molecule has 0 heterocycles. The van der Waals surface area contributed by atoms with E-state index in [2.05, 4.69) is 0 Å². The highest BCUT2D eigenvalue weighted by molar-refractivity contribution is 5.89. The van der Waals surface area contributed by atoms with Gasteiger partial charge in [0.2, 0.25) is 5.91 Å². The number of ether oxygens (including phenoxy) is 3. The Hall–Kier alpha value is -3.97. The van der Waals surface area contributed by atoms with E-state index in [1.807, 2.05) is 91.0 Å².